The van der Waals surface area contributed by atoms with Crippen LogP contribution >= 0.6 is 0 Å². The molecule has 0 amide bonds. The average molecular weight is 600 g/mol. The van der Waals surface area contributed by atoms with Crippen LogP contribution in [0.15, 0.2) is 65.8 Å². The van der Waals surface area contributed by atoms with Crippen LogP contribution < -0.4 is 0 Å². The molecular weight excluding hydrogens is 566 g/mol. The summed E-state index contributed by atoms with van der Waals surface area (Å²) in [4.78, 5) is 27.7. The largest absolute Gasteiger partial charge is 0.467 e. The van der Waals surface area contributed by atoms with Gasteiger partial charge < -0.3 is 43.0 Å². The molecular formula is C29H33N3O11. The zero-order chi connectivity index (χ0) is 30.3. The number of nitrogens with zero attached hydrogens (tertiary/aromatic N) is 3. The molecule has 2 bridgehead atoms. The Morgan fingerprint density at radius 3 is 2.16 bits per heavy atom. The molecule has 230 valence electrons. The normalized spacial score (nSPS) is 33.3. The van der Waals surface area contributed by atoms with Crippen molar-refractivity contribution < 1.29 is 52.6 Å². The summed E-state index contributed by atoms with van der Waals surface area (Å²) in [6.45, 7) is 1.42. The number of methoxy groups -OCH3 is 1. The number of esters is 2. The van der Waals surface area contributed by atoms with E-state index in [0.717, 1.165) is 18.2 Å². The van der Waals surface area contributed by atoms with E-state index in [1.54, 1.807) is 0 Å². The fraction of sp³-hybridized carbons (Fsp3) is 0.517. The van der Waals surface area contributed by atoms with Crippen molar-refractivity contribution in [1.82, 2.24) is 0 Å². The number of azide groups is 1. The Kier molecular flexibility index (Phi) is 10.2. The second kappa shape index (κ2) is 14.3. The predicted molar refractivity (Wildman–Crippen MR) is 145 cm³/mol. The number of ether oxygens (including phenoxy) is 8. The number of hydrogen-bond donors (Lipinski definition) is 1. The minimum atomic E-state index is -1.51. The minimum absolute atomic E-state index is 0.0454. The molecule has 3 heterocycles. The smallest absolute Gasteiger partial charge is 0.337 e. The lowest BCUT2D eigenvalue weighted by Gasteiger charge is -2.46. The third kappa shape index (κ3) is 7.15. The van der Waals surface area contributed by atoms with Crippen LogP contribution in [-0.4, -0.2) is 92.1 Å². The first kappa shape index (κ1) is 30.9. The van der Waals surface area contributed by atoms with Crippen LogP contribution in [0.3, 0.4) is 0 Å². The van der Waals surface area contributed by atoms with Gasteiger partial charge in [-0.05, 0) is 16.7 Å². The third-order valence-corrected chi connectivity index (χ3v) is 7.34. The summed E-state index contributed by atoms with van der Waals surface area (Å²) in [5.41, 5.74) is 10.8. The van der Waals surface area contributed by atoms with Crippen molar-refractivity contribution in [2.24, 2.45) is 5.11 Å². The molecule has 5 rings (SSSR count). The zero-order valence-corrected chi connectivity index (χ0v) is 23.5. The van der Waals surface area contributed by atoms with Gasteiger partial charge in [0.25, 0.3) is 0 Å². The Bertz CT molecular complexity index is 1280. The molecule has 3 saturated heterocycles. The highest BCUT2D eigenvalue weighted by Gasteiger charge is 2.57. The molecule has 14 nitrogen and oxygen atoms in total. The number of benzene rings is 2. The molecule has 0 aliphatic carbocycles. The molecule has 3 aliphatic heterocycles. The van der Waals surface area contributed by atoms with Crippen molar-refractivity contribution in [3.8, 4) is 0 Å². The standard InChI is InChI=1S/C29H33N3O11/c1-16(33)40-23-20(31-32-30)28-39-15-19(41-28)22(23)42-29-26(38-14-18-11-7-4-8-12-18)24(21(34)25(43-29)27(35)36-2)37-13-17-9-5-3-6-10-17/h3-12,19-26,28-29,34H,13-15H2,1-2H3/t19-,20-,21+,22?,23-,24+,25+,26-,28+,29-/m1/s1. The van der Waals surface area contributed by atoms with Crippen molar-refractivity contribution in [3.63, 3.8) is 0 Å². The first-order chi connectivity index (χ1) is 20.9. The van der Waals surface area contributed by atoms with E-state index in [1.165, 1.54) is 6.92 Å². The molecule has 3 aliphatic rings. The van der Waals surface area contributed by atoms with E-state index in [-0.39, 0.29) is 19.8 Å². The number of aliphatic hydroxyl groups is 1. The molecule has 2 aromatic carbocycles. The molecule has 0 aromatic heterocycles. The summed E-state index contributed by atoms with van der Waals surface area (Å²) in [6, 6.07) is 17.5. The molecule has 0 spiro atoms. The Hall–Kier alpha value is -3.59. The molecule has 1 unspecified atom stereocenters. The Balaban J connectivity index is 1.48. The van der Waals surface area contributed by atoms with Crippen LogP contribution in [-0.2, 0) is 60.7 Å². The lowest BCUT2D eigenvalue weighted by atomic mass is 9.96. The maximum absolute atomic E-state index is 12.8. The summed E-state index contributed by atoms with van der Waals surface area (Å²) in [7, 11) is 1.16. The second-order valence-electron chi connectivity index (χ2n) is 10.2. The van der Waals surface area contributed by atoms with E-state index in [9.17, 15) is 20.2 Å². The first-order valence-electron chi connectivity index (χ1n) is 13.8. The van der Waals surface area contributed by atoms with Crippen LogP contribution in [0.5, 0.6) is 0 Å². The predicted octanol–water partition coefficient (Wildman–Crippen LogP) is 2.17. The topological polar surface area (TPSA) is 177 Å². The van der Waals surface area contributed by atoms with E-state index in [4.69, 9.17) is 37.9 Å². The zero-order valence-electron chi connectivity index (χ0n) is 23.5. The number of carbonyl (C=O) groups excluding carboxylic acids is 2. The van der Waals surface area contributed by atoms with Crippen molar-refractivity contribution in [2.45, 2.75) is 81.5 Å². The van der Waals surface area contributed by atoms with Crippen LogP contribution in [0.2, 0.25) is 0 Å². The molecule has 2 aromatic rings. The molecule has 0 saturated carbocycles. The van der Waals surface area contributed by atoms with Gasteiger partial charge in [-0.15, -0.1) is 0 Å². The van der Waals surface area contributed by atoms with Crippen molar-refractivity contribution >= 4 is 11.9 Å². The highest BCUT2D eigenvalue weighted by atomic mass is 16.8. The van der Waals surface area contributed by atoms with E-state index in [2.05, 4.69) is 10.0 Å². The van der Waals surface area contributed by atoms with E-state index < -0.39 is 73.3 Å². The molecule has 14 heteroatoms. The maximum Gasteiger partial charge on any atom is 0.337 e. The fourth-order valence-electron chi connectivity index (χ4n) is 5.33. The Labute approximate surface area is 247 Å². The lowest BCUT2D eigenvalue weighted by Crippen LogP contribution is -2.64. The highest BCUT2D eigenvalue weighted by molar-refractivity contribution is 5.75. The van der Waals surface area contributed by atoms with Gasteiger partial charge in [-0.25, -0.2) is 4.79 Å². The van der Waals surface area contributed by atoms with Gasteiger partial charge in [0, 0.05) is 11.8 Å². The first-order valence-corrected chi connectivity index (χ1v) is 13.8. The minimum Gasteiger partial charge on any atom is -0.467 e. The van der Waals surface area contributed by atoms with Gasteiger partial charge in [-0.3, -0.25) is 4.79 Å². The van der Waals surface area contributed by atoms with Crippen molar-refractivity contribution in [1.29, 1.82) is 0 Å². The summed E-state index contributed by atoms with van der Waals surface area (Å²) < 4.78 is 46.8. The molecule has 10 atom stereocenters. The van der Waals surface area contributed by atoms with Gasteiger partial charge in [-0.1, -0.05) is 65.8 Å². The van der Waals surface area contributed by atoms with Gasteiger partial charge in [-0.2, -0.15) is 0 Å². The summed E-state index contributed by atoms with van der Waals surface area (Å²) in [6.07, 6.45) is -10.5. The monoisotopic (exact) mass is 599 g/mol. The number of fused-ring (bicyclic) bond motifs is 2. The van der Waals surface area contributed by atoms with Crippen LogP contribution in [0, 0.1) is 0 Å². The van der Waals surface area contributed by atoms with Gasteiger partial charge >= 0.3 is 11.9 Å². The highest BCUT2D eigenvalue weighted by Crippen LogP contribution is 2.37. The molecule has 3 fully saturated rings. The SMILES string of the molecule is COC(=O)[C@H]1O[C@@H](OC2[C@H]3CO[C@@H](O3)[C@H](N=[N+]=[N-])[C@H]2OC(C)=O)[C@H](OCc2ccccc2)[C@@H](OCc2ccccc2)[C@@H]1O. The van der Waals surface area contributed by atoms with Gasteiger partial charge in [0.15, 0.2) is 18.7 Å². The summed E-state index contributed by atoms with van der Waals surface area (Å²) in [5, 5.41) is 15.1. The molecule has 1 N–H and O–H groups in total. The average Bonchev–Trinajstić information content (AvgIpc) is 3.46. The Morgan fingerprint density at radius 2 is 1.58 bits per heavy atom. The van der Waals surface area contributed by atoms with Crippen LogP contribution in [0.1, 0.15) is 18.1 Å². The number of rotatable bonds is 11. The summed E-state index contributed by atoms with van der Waals surface area (Å²) >= 11 is 0. The maximum atomic E-state index is 12.8. The Morgan fingerprint density at radius 1 is 0.953 bits per heavy atom. The van der Waals surface area contributed by atoms with Gasteiger partial charge in [0.1, 0.15) is 42.7 Å². The number of carbonyl (C=O) groups is 2. The number of aliphatic hydroxyl groups excluding tert-OH is 1. The van der Waals surface area contributed by atoms with E-state index in [0.29, 0.717) is 0 Å². The molecule has 0 radical (unpaired) electrons. The molecule has 43 heavy (non-hydrogen) atoms. The lowest BCUT2D eigenvalue weighted by molar-refractivity contribution is -0.338. The van der Waals surface area contributed by atoms with Crippen LogP contribution in [0.25, 0.3) is 10.4 Å². The fourth-order valence-corrected chi connectivity index (χ4v) is 5.33. The van der Waals surface area contributed by atoms with Crippen LogP contribution in [0.4, 0.5) is 0 Å². The summed E-state index contributed by atoms with van der Waals surface area (Å²) in [5.74, 6) is -1.50. The van der Waals surface area contributed by atoms with Gasteiger partial charge in [0.2, 0.25) is 0 Å². The van der Waals surface area contributed by atoms with E-state index in [1.807, 2.05) is 60.7 Å². The number of hydrogen-bond acceptors (Lipinski definition) is 12. The second-order valence-corrected chi connectivity index (χ2v) is 10.2. The third-order valence-electron chi connectivity index (χ3n) is 7.34. The van der Waals surface area contributed by atoms with Crippen molar-refractivity contribution in [2.75, 3.05) is 13.7 Å². The van der Waals surface area contributed by atoms with E-state index >= 15 is 0 Å². The van der Waals surface area contributed by atoms with Crippen molar-refractivity contribution in [3.05, 3.63) is 82.2 Å². The quantitative estimate of drug-likeness (QED) is 0.173. The van der Waals surface area contributed by atoms with Gasteiger partial charge in [0.05, 0.1) is 26.9 Å².